The molecule has 132 valence electrons. The van der Waals surface area contributed by atoms with Crippen molar-refractivity contribution in [1.82, 2.24) is 0 Å². The smallest absolute Gasteiger partial charge is 0.255 e. The molecule has 0 fully saturated rings. The molecule has 0 bridgehead atoms. The number of hydrogen-bond acceptors (Lipinski definition) is 3. The lowest BCUT2D eigenvalue weighted by Crippen LogP contribution is -2.11. The number of amides is 1. The molecule has 0 radical (unpaired) electrons. The Hall–Kier alpha value is -2.43. The van der Waals surface area contributed by atoms with Gasteiger partial charge in [0.05, 0.1) is 12.1 Å². The maximum atomic E-state index is 12.4. The van der Waals surface area contributed by atoms with Crippen molar-refractivity contribution in [1.29, 1.82) is 0 Å². The van der Waals surface area contributed by atoms with Crippen molar-refractivity contribution in [3.8, 4) is 5.75 Å². The van der Waals surface area contributed by atoms with Gasteiger partial charge in [-0.1, -0.05) is 41.9 Å². The van der Waals surface area contributed by atoms with Crippen LogP contribution in [0.25, 0.3) is 0 Å². The largest absolute Gasteiger partial charge is 0.495 e. The van der Waals surface area contributed by atoms with Gasteiger partial charge in [0.2, 0.25) is 0 Å². The van der Waals surface area contributed by atoms with Crippen LogP contribution in [-0.2, 0) is 5.75 Å². The molecule has 0 saturated heterocycles. The van der Waals surface area contributed by atoms with Gasteiger partial charge in [-0.05, 0) is 48.0 Å². The molecular weight excluding hydrogens is 366 g/mol. The first kappa shape index (κ1) is 18.4. The van der Waals surface area contributed by atoms with Gasteiger partial charge in [0.15, 0.2) is 0 Å². The SMILES string of the molecule is COc1ccc(NC(=O)c2ccc(CSc3ccccc3)cc2)cc1Cl. The highest BCUT2D eigenvalue weighted by atomic mass is 35.5. The molecule has 0 aliphatic carbocycles. The highest BCUT2D eigenvalue weighted by Crippen LogP contribution is 2.27. The van der Waals surface area contributed by atoms with Gasteiger partial charge < -0.3 is 10.1 Å². The number of methoxy groups -OCH3 is 1. The number of carbonyl (C=O) groups is 1. The molecule has 1 amide bonds. The second-order valence-electron chi connectivity index (χ2n) is 5.60. The first-order chi connectivity index (χ1) is 12.7. The van der Waals surface area contributed by atoms with Crippen molar-refractivity contribution < 1.29 is 9.53 Å². The lowest BCUT2D eigenvalue weighted by Gasteiger charge is -2.09. The van der Waals surface area contributed by atoms with Crippen LogP contribution >= 0.6 is 23.4 Å². The van der Waals surface area contributed by atoms with Gasteiger partial charge >= 0.3 is 0 Å². The van der Waals surface area contributed by atoms with E-state index in [0.29, 0.717) is 22.0 Å². The fourth-order valence-electron chi connectivity index (χ4n) is 2.38. The number of ether oxygens (including phenoxy) is 1. The van der Waals surface area contributed by atoms with Crippen molar-refractivity contribution >= 4 is 35.0 Å². The fourth-order valence-corrected chi connectivity index (χ4v) is 3.52. The molecule has 0 aliphatic rings. The molecule has 0 unspecified atom stereocenters. The fraction of sp³-hybridized carbons (Fsp3) is 0.0952. The summed E-state index contributed by atoms with van der Waals surface area (Å²) in [4.78, 5) is 13.6. The van der Waals surface area contributed by atoms with Crippen LogP contribution in [0.2, 0.25) is 5.02 Å². The highest BCUT2D eigenvalue weighted by Gasteiger charge is 2.08. The summed E-state index contributed by atoms with van der Waals surface area (Å²) >= 11 is 7.85. The van der Waals surface area contributed by atoms with E-state index in [4.69, 9.17) is 16.3 Å². The monoisotopic (exact) mass is 383 g/mol. The number of thioether (sulfide) groups is 1. The van der Waals surface area contributed by atoms with Crippen LogP contribution in [0, 0.1) is 0 Å². The van der Waals surface area contributed by atoms with Crippen molar-refractivity contribution in [3.63, 3.8) is 0 Å². The predicted molar refractivity (Wildman–Crippen MR) is 108 cm³/mol. The summed E-state index contributed by atoms with van der Waals surface area (Å²) in [5.74, 6) is 1.26. The Morgan fingerprint density at radius 3 is 2.42 bits per heavy atom. The Bertz CT molecular complexity index is 882. The summed E-state index contributed by atoms with van der Waals surface area (Å²) in [6, 6.07) is 23.0. The van der Waals surface area contributed by atoms with Crippen LogP contribution < -0.4 is 10.1 Å². The first-order valence-corrected chi connectivity index (χ1v) is 9.44. The first-order valence-electron chi connectivity index (χ1n) is 8.07. The molecule has 3 aromatic carbocycles. The lowest BCUT2D eigenvalue weighted by molar-refractivity contribution is 0.102. The second kappa shape index (κ2) is 8.79. The number of nitrogens with one attached hydrogen (secondary N) is 1. The number of carbonyl (C=O) groups excluding carboxylic acids is 1. The Labute approximate surface area is 162 Å². The summed E-state index contributed by atoms with van der Waals surface area (Å²) in [5.41, 5.74) is 2.40. The van der Waals surface area contributed by atoms with E-state index in [9.17, 15) is 4.79 Å². The number of hydrogen-bond donors (Lipinski definition) is 1. The molecule has 3 nitrogen and oxygen atoms in total. The normalized spacial score (nSPS) is 10.4. The zero-order valence-electron chi connectivity index (χ0n) is 14.2. The Morgan fingerprint density at radius 2 is 1.77 bits per heavy atom. The number of benzene rings is 3. The molecule has 26 heavy (non-hydrogen) atoms. The molecule has 0 spiro atoms. The zero-order valence-corrected chi connectivity index (χ0v) is 15.8. The Balaban J connectivity index is 1.60. The van der Waals surface area contributed by atoms with E-state index in [1.54, 1.807) is 37.1 Å². The maximum Gasteiger partial charge on any atom is 0.255 e. The molecule has 3 aromatic rings. The predicted octanol–water partition coefficient (Wildman–Crippen LogP) is 5.89. The zero-order chi connectivity index (χ0) is 18.4. The Kier molecular flexibility index (Phi) is 6.21. The summed E-state index contributed by atoms with van der Waals surface area (Å²) in [5, 5.41) is 3.30. The average Bonchev–Trinajstić information content (AvgIpc) is 2.68. The molecule has 0 heterocycles. The summed E-state index contributed by atoms with van der Waals surface area (Å²) in [6.45, 7) is 0. The molecule has 0 atom stereocenters. The minimum atomic E-state index is -0.173. The van der Waals surface area contributed by atoms with Crippen molar-refractivity contribution in [2.24, 2.45) is 0 Å². The third kappa shape index (κ3) is 4.81. The van der Waals surface area contributed by atoms with Crippen LogP contribution in [0.15, 0.2) is 77.7 Å². The van der Waals surface area contributed by atoms with Crippen molar-refractivity contribution in [3.05, 3.63) is 88.9 Å². The number of rotatable bonds is 6. The van der Waals surface area contributed by atoms with Gasteiger partial charge in [0, 0.05) is 21.9 Å². The summed E-state index contributed by atoms with van der Waals surface area (Å²) in [6.07, 6.45) is 0. The van der Waals surface area contributed by atoms with E-state index in [1.165, 1.54) is 10.5 Å². The highest BCUT2D eigenvalue weighted by molar-refractivity contribution is 7.98. The third-order valence-electron chi connectivity index (χ3n) is 3.77. The van der Waals surface area contributed by atoms with Gasteiger partial charge in [-0.2, -0.15) is 0 Å². The van der Waals surface area contributed by atoms with Crippen LogP contribution in [-0.4, -0.2) is 13.0 Å². The lowest BCUT2D eigenvalue weighted by atomic mass is 10.1. The molecule has 1 N–H and O–H groups in total. The second-order valence-corrected chi connectivity index (χ2v) is 7.06. The molecule has 0 aliphatic heterocycles. The van der Waals surface area contributed by atoms with E-state index in [1.807, 2.05) is 42.5 Å². The van der Waals surface area contributed by atoms with Gasteiger partial charge in [-0.3, -0.25) is 4.79 Å². The molecule has 5 heteroatoms. The van der Waals surface area contributed by atoms with Gasteiger partial charge in [0.25, 0.3) is 5.91 Å². The third-order valence-corrected chi connectivity index (χ3v) is 5.15. The average molecular weight is 384 g/mol. The van der Waals surface area contributed by atoms with Gasteiger partial charge in [-0.15, -0.1) is 11.8 Å². The standard InChI is InChI=1S/C21H18ClNO2S/c1-25-20-12-11-17(13-19(20)22)23-21(24)16-9-7-15(8-10-16)14-26-18-5-3-2-4-6-18/h2-13H,14H2,1H3,(H,23,24). The summed E-state index contributed by atoms with van der Waals surface area (Å²) < 4.78 is 5.11. The van der Waals surface area contributed by atoms with Crippen LogP contribution in [0.1, 0.15) is 15.9 Å². The number of anilines is 1. The summed E-state index contributed by atoms with van der Waals surface area (Å²) in [7, 11) is 1.55. The van der Waals surface area contributed by atoms with E-state index >= 15 is 0 Å². The number of halogens is 1. The minimum Gasteiger partial charge on any atom is -0.495 e. The van der Waals surface area contributed by atoms with Crippen LogP contribution in [0.4, 0.5) is 5.69 Å². The van der Waals surface area contributed by atoms with E-state index < -0.39 is 0 Å². The molecule has 3 rings (SSSR count). The van der Waals surface area contributed by atoms with Crippen LogP contribution in [0.5, 0.6) is 5.75 Å². The van der Waals surface area contributed by atoms with E-state index in [0.717, 1.165) is 5.75 Å². The minimum absolute atomic E-state index is 0.173. The van der Waals surface area contributed by atoms with E-state index in [-0.39, 0.29) is 5.91 Å². The van der Waals surface area contributed by atoms with Crippen molar-refractivity contribution in [2.45, 2.75) is 10.6 Å². The molecule has 0 aromatic heterocycles. The maximum absolute atomic E-state index is 12.4. The quantitative estimate of drug-likeness (QED) is 0.539. The van der Waals surface area contributed by atoms with Gasteiger partial charge in [0.1, 0.15) is 5.75 Å². The molecule has 0 saturated carbocycles. The molecular formula is C21H18ClNO2S. The van der Waals surface area contributed by atoms with E-state index in [2.05, 4.69) is 17.4 Å². The van der Waals surface area contributed by atoms with Gasteiger partial charge in [-0.25, -0.2) is 0 Å². The van der Waals surface area contributed by atoms with Crippen LogP contribution in [0.3, 0.4) is 0 Å². The Morgan fingerprint density at radius 1 is 1.04 bits per heavy atom. The topological polar surface area (TPSA) is 38.3 Å². The van der Waals surface area contributed by atoms with Crippen molar-refractivity contribution in [2.75, 3.05) is 12.4 Å².